The number of oxime groups is 1. The summed E-state index contributed by atoms with van der Waals surface area (Å²) in [7, 11) is -3.28. The molecule has 1 aliphatic heterocycles. The van der Waals surface area contributed by atoms with Crippen molar-refractivity contribution in [2.75, 3.05) is 13.1 Å². The van der Waals surface area contributed by atoms with Crippen LogP contribution in [0, 0.1) is 5.92 Å². The second-order valence-corrected chi connectivity index (χ2v) is 8.11. The smallest absolute Gasteiger partial charge is 0.219 e. The Morgan fingerprint density at radius 2 is 2.06 bits per heavy atom. The van der Waals surface area contributed by atoms with Crippen LogP contribution in [0.5, 0.6) is 0 Å². The molecule has 0 amide bonds. The van der Waals surface area contributed by atoms with E-state index in [9.17, 15) is 8.42 Å². The van der Waals surface area contributed by atoms with Gasteiger partial charge in [-0.05, 0) is 27.2 Å². The van der Waals surface area contributed by atoms with Gasteiger partial charge < -0.3 is 5.21 Å². The average molecular weight is 262 g/mol. The lowest BCUT2D eigenvalue weighted by Gasteiger charge is -2.36. The summed E-state index contributed by atoms with van der Waals surface area (Å²) in [6.07, 6.45) is 1.31. The molecule has 5 nitrogen and oxygen atoms in total. The van der Waals surface area contributed by atoms with Gasteiger partial charge in [0.15, 0.2) is 0 Å². The first-order chi connectivity index (χ1) is 7.74. The van der Waals surface area contributed by atoms with Gasteiger partial charge in [-0.3, -0.25) is 0 Å². The molecule has 6 heteroatoms. The van der Waals surface area contributed by atoms with Crippen molar-refractivity contribution in [1.82, 2.24) is 4.31 Å². The molecule has 1 aliphatic rings. The number of hydrogen-bond acceptors (Lipinski definition) is 4. The summed E-state index contributed by atoms with van der Waals surface area (Å²) < 4.78 is 25.3. The van der Waals surface area contributed by atoms with Gasteiger partial charge in [0.1, 0.15) is 0 Å². The zero-order valence-electron chi connectivity index (χ0n) is 11.0. The van der Waals surface area contributed by atoms with Crippen molar-refractivity contribution < 1.29 is 13.6 Å². The van der Waals surface area contributed by atoms with Crippen molar-refractivity contribution in [3.8, 4) is 0 Å². The molecule has 1 unspecified atom stereocenters. The highest BCUT2D eigenvalue weighted by Gasteiger charge is 2.39. The number of rotatable bonds is 2. The summed E-state index contributed by atoms with van der Waals surface area (Å²) in [5, 5.41) is 12.1. The summed E-state index contributed by atoms with van der Waals surface area (Å²) in [5.41, 5.74) is 0.716. The molecule has 1 fully saturated rings. The van der Waals surface area contributed by atoms with E-state index in [0.717, 1.165) is 6.42 Å². The van der Waals surface area contributed by atoms with Crippen LogP contribution in [-0.4, -0.2) is 41.5 Å². The van der Waals surface area contributed by atoms with Crippen LogP contribution in [0.25, 0.3) is 0 Å². The lowest BCUT2D eigenvalue weighted by atomic mass is 9.95. The highest BCUT2D eigenvalue weighted by Crippen LogP contribution is 2.26. The lowest BCUT2D eigenvalue weighted by molar-refractivity contribution is 0.294. The normalized spacial score (nSPS) is 26.4. The van der Waals surface area contributed by atoms with Gasteiger partial charge in [0, 0.05) is 25.4 Å². The highest BCUT2D eigenvalue weighted by atomic mass is 32.2. The molecule has 1 heterocycles. The molecule has 1 atom stereocenters. The Labute approximate surface area is 104 Å². The van der Waals surface area contributed by atoms with Crippen LogP contribution in [0.15, 0.2) is 5.16 Å². The molecule has 0 aromatic carbocycles. The Bertz CT molecular complexity index is 395. The van der Waals surface area contributed by atoms with E-state index in [1.54, 1.807) is 20.8 Å². The minimum atomic E-state index is -3.28. The second kappa shape index (κ2) is 4.94. The van der Waals surface area contributed by atoms with Crippen molar-refractivity contribution in [3.63, 3.8) is 0 Å². The van der Waals surface area contributed by atoms with E-state index >= 15 is 0 Å². The van der Waals surface area contributed by atoms with Crippen LogP contribution < -0.4 is 0 Å². The minimum Gasteiger partial charge on any atom is -0.411 e. The molecular formula is C11H22N2O3S. The number of piperidine rings is 1. The predicted octanol–water partition coefficient (Wildman–Crippen LogP) is 1.68. The molecular weight excluding hydrogens is 240 g/mol. The van der Waals surface area contributed by atoms with E-state index in [1.807, 2.05) is 6.92 Å². The summed E-state index contributed by atoms with van der Waals surface area (Å²) in [6.45, 7) is 7.94. The first-order valence-electron chi connectivity index (χ1n) is 5.94. The summed E-state index contributed by atoms with van der Waals surface area (Å²) in [5.74, 6) is 0.0332. The van der Waals surface area contributed by atoms with Crippen LogP contribution in [0.3, 0.4) is 0 Å². The fraction of sp³-hybridized carbons (Fsp3) is 0.909. The van der Waals surface area contributed by atoms with E-state index < -0.39 is 14.8 Å². The maximum absolute atomic E-state index is 12.3. The van der Waals surface area contributed by atoms with Crippen molar-refractivity contribution in [3.05, 3.63) is 0 Å². The number of sulfonamides is 1. The Balaban J connectivity index is 2.92. The quantitative estimate of drug-likeness (QED) is 0.608. The third-order valence-corrected chi connectivity index (χ3v) is 5.81. The molecule has 0 spiro atoms. The van der Waals surface area contributed by atoms with Crippen LogP contribution in [0.4, 0.5) is 0 Å². The summed E-state index contributed by atoms with van der Waals surface area (Å²) >= 11 is 0. The molecule has 17 heavy (non-hydrogen) atoms. The maximum atomic E-state index is 12.3. The molecule has 1 rings (SSSR count). The molecule has 0 bridgehead atoms. The Morgan fingerprint density at radius 3 is 2.47 bits per heavy atom. The Kier molecular flexibility index (Phi) is 4.19. The van der Waals surface area contributed by atoms with E-state index in [0.29, 0.717) is 25.2 Å². The fourth-order valence-electron chi connectivity index (χ4n) is 1.99. The van der Waals surface area contributed by atoms with Gasteiger partial charge in [0.2, 0.25) is 10.0 Å². The van der Waals surface area contributed by atoms with E-state index in [4.69, 9.17) is 5.21 Å². The van der Waals surface area contributed by atoms with Crippen molar-refractivity contribution in [2.45, 2.75) is 45.3 Å². The van der Waals surface area contributed by atoms with E-state index in [2.05, 4.69) is 5.16 Å². The SMILES string of the molecule is CCC1CN(S(=O)(=O)C(C)(C)C)CCC1=NO. The Morgan fingerprint density at radius 1 is 1.47 bits per heavy atom. The van der Waals surface area contributed by atoms with Crippen molar-refractivity contribution in [2.24, 2.45) is 11.1 Å². The van der Waals surface area contributed by atoms with Crippen LogP contribution in [0.1, 0.15) is 40.5 Å². The molecule has 0 aromatic rings. The monoisotopic (exact) mass is 262 g/mol. The van der Waals surface area contributed by atoms with Gasteiger partial charge in [-0.1, -0.05) is 12.1 Å². The van der Waals surface area contributed by atoms with Gasteiger partial charge in [-0.25, -0.2) is 12.7 Å². The second-order valence-electron chi connectivity index (χ2n) is 5.42. The van der Waals surface area contributed by atoms with Gasteiger partial charge in [0.05, 0.1) is 10.5 Å². The molecule has 0 radical (unpaired) electrons. The first kappa shape index (κ1) is 14.4. The van der Waals surface area contributed by atoms with Gasteiger partial charge in [-0.2, -0.15) is 0 Å². The van der Waals surface area contributed by atoms with Gasteiger partial charge in [-0.15, -0.1) is 0 Å². The van der Waals surface area contributed by atoms with Crippen LogP contribution >= 0.6 is 0 Å². The van der Waals surface area contributed by atoms with Crippen LogP contribution in [-0.2, 0) is 10.0 Å². The molecule has 1 saturated heterocycles. The largest absolute Gasteiger partial charge is 0.411 e. The van der Waals surface area contributed by atoms with Crippen molar-refractivity contribution >= 4 is 15.7 Å². The standard InChI is InChI=1S/C11H22N2O3S/c1-5-9-8-13(7-6-10(9)12-14)17(15,16)11(2,3)4/h9,14H,5-8H2,1-4H3. The molecule has 100 valence electrons. The summed E-state index contributed by atoms with van der Waals surface area (Å²) in [6, 6.07) is 0. The first-order valence-corrected chi connectivity index (χ1v) is 7.38. The van der Waals surface area contributed by atoms with E-state index in [-0.39, 0.29) is 5.92 Å². The average Bonchev–Trinajstić information content (AvgIpc) is 2.26. The fourth-order valence-corrected chi connectivity index (χ4v) is 3.47. The van der Waals surface area contributed by atoms with Gasteiger partial charge >= 0.3 is 0 Å². The Hall–Kier alpha value is -0.620. The predicted molar refractivity (Wildman–Crippen MR) is 67.9 cm³/mol. The zero-order valence-corrected chi connectivity index (χ0v) is 11.8. The van der Waals surface area contributed by atoms with E-state index in [1.165, 1.54) is 4.31 Å². The minimum absolute atomic E-state index is 0.0332. The summed E-state index contributed by atoms with van der Waals surface area (Å²) in [4.78, 5) is 0. The third-order valence-electron chi connectivity index (χ3n) is 3.25. The highest BCUT2D eigenvalue weighted by molar-refractivity contribution is 7.90. The molecule has 0 aromatic heterocycles. The maximum Gasteiger partial charge on any atom is 0.219 e. The molecule has 0 saturated carbocycles. The zero-order chi connectivity index (χ0) is 13.3. The topological polar surface area (TPSA) is 70.0 Å². The van der Waals surface area contributed by atoms with Crippen molar-refractivity contribution in [1.29, 1.82) is 0 Å². The van der Waals surface area contributed by atoms with Gasteiger partial charge in [0.25, 0.3) is 0 Å². The third kappa shape index (κ3) is 2.80. The lowest BCUT2D eigenvalue weighted by Crippen LogP contribution is -2.49. The molecule has 0 aliphatic carbocycles. The number of nitrogens with zero attached hydrogens (tertiary/aromatic N) is 2. The van der Waals surface area contributed by atoms with Crippen LogP contribution in [0.2, 0.25) is 0 Å². The molecule has 1 N–H and O–H groups in total. The number of hydrogen-bond donors (Lipinski definition) is 1.